The van der Waals surface area contributed by atoms with Crippen LogP contribution in [-0.4, -0.2) is 41.4 Å². The van der Waals surface area contributed by atoms with Gasteiger partial charge in [0.1, 0.15) is 0 Å². The summed E-state index contributed by atoms with van der Waals surface area (Å²) in [6.45, 7) is 7.00. The number of hydrogen-bond acceptors (Lipinski definition) is 5. The van der Waals surface area contributed by atoms with Crippen LogP contribution in [0.2, 0.25) is 0 Å². The van der Waals surface area contributed by atoms with Crippen molar-refractivity contribution in [3.05, 3.63) is 24.8 Å². The molecule has 7 heteroatoms. The molecule has 2 aromatic heterocycles. The third-order valence-corrected chi connectivity index (χ3v) is 3.69. The fourth-order valence-corrected chi connectivity index (χ4v) is 2.47. The molecule has 0 aliphatic rings. The van der Waals surface area contributed by atoms with Crippen LogP contribution in [0, 0.1) is 5.92 Å². The van der Waals surface area contributed by atoms with Crippen molar-refractivity contribution in [2.75, 3.05) is 6.54 Å². The lowest BCUT2D eigenvalue weighted by Crippen LogP contribution is -2.33. The molecule has 2 rings (SSSR count). The summed E-state index contributed by atoms with van der Waals surface area (Å²) in [6.07, 6.45) is 12.2. The zero-order chi connectivity index (χ0) is 14.9. The first-order valence-electron chi connectivity index (χ1n) is 7.72. The zero-order valence-corrected chi connectivity index (χ0v) is 13.0. The standard InChI is InChI=1S/C14H25N7/c1-3-5-6-14(4-2)11-19(12-20-9-7-15-17-20)13-21-10-8-16-18-21/h7-10,14H,3-6,11-13H2,1-2H3. The molecular weight excluding hydrogens is 266 g/mol. The van der Waals surface area contributed by atoms with Gasteiger partial charge in [0.05, 0.1) is 25.7 Å². The first-order chi connectivity index (χ1) is 10.3. The van der Waals surface area contributed by atoms with Crippen LogP contribution < -0.4 is 0 Å². The van der Waals surface area contributed by atoms with Gasteiger partial charge < -0.3 is 0 Å². The molecule has 0 fully saturated rings. The van der Waals surface area contributed by atoms with E-state index in [0.717, 1.165) is 19.9 Å². The van der Waals surface area contributed by atoms with Crippen LogP contribution in [-0.2, 0) is 13.3 Å². The number of unbranched alkanes of at least 4 members (excludes halogenated alkanes) is 1. The molecule has 0 bridgehead atoms. The van der Waals surface area contributed by atoms with Crippen molar-refractivity contribution in [1.82, 2.24) is 34.9 Å². The molecule has 21 heavy (non-hydrogen) atoms. The van der Waals surface area contributed by atoms with E-state index >= 15 is 0 Å². The Morgan fingerprint density at radius 2 is 1.62 bits per heavy atom. The topological polar surface area (TPSA) is 64.7 Å². The monoisotopic (exact) mass is 291 g/mol. The van der Waals surface area contributed by atoms with Crippen LogP contribution in [0.4, 0.5) is 0 Å². The van der Waals surface area contributed by atoms with E-state index in [0.29, 0.717) is 5.92 Å². The number of aromatic nitrogens is 6. The first kappa shape index (κ1) is 15.6. The van der Waals surface area contributed by atoms with E-state index < -0.39 is 0 Å². The first-order valence-corrected chi connectivity index (χ1v) is 7.72. The third-order valence-electron chi connectivity index (χ3n) is 3.69. The largest absolute Gasteiger partial charge is 0.264 e. The van der Waals surface area contributed by atoms with Gasteiger partial charge in [-0.15, -0.1) is 10.2 Å². The molecule has 0 saturated carbocycles. The van der Waals surface area contributed by atoms with Crippen molar-refractivity contribution in [2.45, 2.75) is 52.9 Å². The van der Waals surface area contributed by atoms with E-state index in [4.69, 9.17) is 0 Å². The van der Waals surface area contributed by atoms with Gasteiger partial charge in [-0.1, -0.05) is 43.5 Å². The Kier molecular flexibility index (Phi) is 6.33. The number of nitrogens with zero attached hydrogens (tertiary/aromatic N) is 7. The average molecular weight is 291 g/mol. The molecule has 0 amide bonds. The zero-order valence-electron chi connectivity index (χ0n) is 13.0. The Labute approximate surface area is 125 Å². The van der Waals surface area contributed by atoms with E-state index in [1.54, 1.807) is 12.4 Å². The minimum absolute atomic E-state index is 0.706. The van der Waals surface area contributed by atoms with Crippen molar-refractivity contribution >= 4 is 0 Å². The molecule has 0 aliphatic heterocycles. The van der Waals surface area contributed by atoms with Gasteiger partial charge >= 0.3 is 0 Å². The van der Waals surface area contributed by atoms with Crippen molar-refractivity contribution in [3.8, 4) is 0 Å². The second-order valence-electron chi connectivity index (χ2n) is 5.44. The highest BCUT2D eigenvalue weighted by Gasteiger charge is 2.14. The summed E-state index contributed by atoms with van der Waals surface area (Å²) in [6, 6.07) is 0. The highest BCUT2D eigenvalue weighted by atomic mass is 15.5. The Morgan fingerprint density at radius 1 is 1.00 bits per heavy atom. The van der Waals surface area contributed by atoms with Gasteiger partial charge in [0.25, 0.3) is 0 Å². The van der Waals surface area contributed by atoms with Gasteiger partial charge in [0.2, 0.25) is 0 Å². The molecule has 1 unspecified atom stereocenters. The molecule has 0 saturated heterocycles. The fraction of sp³-hybridized carbons (Fsp3) is 0.714. The van der Waals surface area contributed by atoms with Crippen LogP contribution in [0.3, 0.4) is 0 Å². The Hall–Kier alpha value is -1.76. The lowest BCUT2D eigenvalue weighted by Gasteiger charge is -2.26. The summed E-state index contributed by atoms with van der Waals surface area (Å²) in [7, 11) is 0. The summed E-state index contributed by atoms with van der Waals surface area (Å²) in [5.74, 6) is 0.706. The lowest BCUT2D eigenvalue weighted by atomic mass is 9.99. The molecule has 0 spiro atoms. The maximum atomic E-state index is 4.06. The van der Waals surface area contributed by atoms with Crippen LogP contribution >= 0.6 is 0 Å². The Balaban J connectivity index is 1.96. The summed E-state index contributed by atoms with van der Waals surface area (Å²) in [5, 5.41) is 15.9. The highest BCUT2D eigenvalue weighted by molar-refractivity contribution is 4.69. The van der Waals surface area contributed by atoms with Crippen LogP contribution in [0.15, 0.2) is 24.8 Å². The minimum atomic E-state index is 0.706. The number of rotatable bonds is 10. The Morgan fingerprint density at radius 3 is 2.05 bits per heavy atom. The molecular formula is C14H25N7. The van der Waals surface area contributed by atoms with Gasteiger partial charge in [-0.05, 0) is 12.3 Å². The smallest absolute Gasteiger partial charge is 0.0961 e. The summed E-state index contributed by atoms with van der Waals surface area (Å²) in [4.78, 5) is 2.34. The van der Waals surface area contributed by atoms with E-state index in [2.05, 4.69) is 39.4 Å². The van der Waals surface area contributed by atoms with Crippen molar-refractivity contribution in [3.63, 3.8) is 0 Å². The molecule has 0 aromatic carbocycles. The normalized spacial score (nSPS) is 12.9. The lowest BCUT2D eigenvalue weighted by molar-refractivity contribution is 0.121. The summed E-state index contributed by atoms with van der Waals surface area (Å²) >= 11 is 0. The van der Waals surface area contributed by atoms with E-state index in [1.165, 1.54) is 25.7 Å². The molecule has 2 heterocycles. The molecule has 2 aromatic rings. The third kappa shape index (κ3) is 5.26. The van der Waals surface area contributed by atoms with Gasteiger partial charge in [0.15, 0.2) is 0 Å². The molecule has 116 valence electrons. The molecule has 7 nitrogen and oxygen atoms in total. The predicted molar refractivity (Wildman–Crippen MR) is 80.1 cm³/mol. The Bertz CT molecular complexity index is 429. The molecule has 0 N–H and O–H groups in total. The van der Waals surface area contributed by atoms with E-state index in [1.807, 2.05) is 21.8 Å². The SMILES string of the molecule is CCCCC(CC)CN(Cn1ccnn1)Cn1ccnn1. The quantitative estimate of drug-likeness (QED) is 0.670. The van der Waals surface area contributed by atoms with Crippen molar-refractivity contribution < 1.29 is 0 Å². The van der Waals surface area contributed by atoms with Gasteiger partial charge in [0, 0.05) is 18.9 Å². The summed E-state index contributed by atoms with van der Waals surface area (Å²) in [5.41, 5.74) is 0. The molecule has 1 atom stereocenters. The van der Waals surface area contributed by atoms with E-state index in [9.17, 15) is 0 Å². The highest BCUT2D eigenvalue weighted by Crippen LogP contribution is 2.15. The van der Waals surface area contributed by atoms with Crippen LogP contribution in [0.1, 0.15) is 39.5 Å². The molecule has 0 radical (unpaired) electrons. The van der Waals surface area contributed by atoms with Crippen molar-refractivity contribution in [1.29, 1.82) is 0 Å². The van der Waals surface area contributed by atoms with Crippen LogP contribution in [0.25, 0.3) is 0 Å². The van der Waals surface area contributed by atoms with Crippen molar-refractivity contribution in [2.24, 2.45) is 5.92 Å². The van der Waals surface area contributed by atoms with E-state index in [-0.39, 0.29) is 0 Å². The maximum absolute atomic E-state index is 4.06. The average Bonchev–Trinajstić information content (AvgIpc) is 3.17. The number of hydrogen-bond donors (Lipinski definition) is 0. The second kappa shape index (κ2) is 8.51. The second-order valence-corrected chi connectivity index (χ2v) is 5.44. The van der Waals surface area contributed by atoms with Gasteiger partial charge in [-0.2, -0.15) is 0 Å². The fourth-order valence-electron chi connectivity index (χ4n) is 2.47. The maximum Gasteiger partial charge on any atom is 0.0961 e. The van der Waals surface area contributed by atoms with Gasteiger partial charge in [-0.25, -0.2) is 9.36 Å². The predicted octanol–water partition coefficient (Wildman–Crippen LogP) is 2.00. The molecule has 0 aliphatic carbocycles. The van der Waals surface area contributed by atoms with Gasteiger partial charge in [-0.3, -0.25) is 4.90 Å². The summed E-state index contributed by atoms with van der Waals surface area (Å²) < 4.78 is 3.70. The van der Waals surface area contributed by atoms with Crippen LogP contribution in [0.5, 0.6) is 0 Å². The minimum Gasteiger partial charge on any atom is -0.264 e.